The van der Waals surface area contributed by atoms with Crippen LogP contribution in [0, 0.1) is 0 Å². The lowest BCUT2D eigenvalue weighted by atomic mass is 10.1. The molecular formula is C15H23ClN2O3. The van der Waals surface area contributed by atoms with Crippen LogP contribution in [0.2, 0.25) is 0 Å². The minimum absolute atomic E-state index is 0. The molecule has 0 aliphatic carbocycles. The van der Waals surface area contributed by atoms with Crippen LogP contribution in [-0.2, 0) is 11.3 Å². The molecule has 1 aromatic carbocycles. The van der Waals surface area contributed by atoms with E-state index in [9.17, 15) is 9.90 Å². The van der Waals surface area contributed by atoms with Crippen LogP contribution < -0.4 is 10.1 Å². The molecule has 1 aliphatic rings. The second kappa shape index (κ2) is 8.10. The van der Waals surface area contributed by atoms with Crippen LogP contribution in [0.25, 0.3) is 0 Å². The number of nitrogens with one attached hydrogen (secondary N) is 1. The summed E-state index contributed by atoms with van der Waals surface area (Å²) in [5.41, 5.74) is 0.888. The standard InChI is InChI=1S/C15H22N2O3.ClH/c1-17(15(19)9-12-4-3-7-16-12)10-11-5-6-14(20-2)13(18)8-11;/h5-6,8,12,16,18H,3-4,7,9-10H2,1-2H3;1H. The van der Waals surface area contributed by atoms with Crippen LogP contribution in [0.4, 0.5) is 0 Å². The molecule has 1 saturated heterocycles. The maximum absolute atomic E-state index is 12.1. The minimum atomic E-state index is 0. The van der Waals surface area contributed by atoms with Gasteiger partial charge in [-0.2, -0.15) is 0 Å². The van der Waals surface area contributed by atoms with Crippen molar-refractivity contribution in [1.82, 2.24) is 10.2 Å². The first kappa shape index (κ1) is 17.6. The number of ether oxygens (including phenoxy) is 1. The highest BCUT2D eigenvalue weighted by Gasteiger charge is 2.20. The highest BCUT2D eigenvalue weighted by atomic mass is 35.5. The smallest absolute Gasteiger partial charge is 0.224 e. The number of halogens is 1. The van der Waals surface area contributed by atoms with E-state index in [2.05, 4.69) is 5.32 Å². The largest absolute Gasteiger partial charge is 0.504 e. The zero-order chi connectivity index (χ0) is 14.5. The van der Waals surface area contributed by atoms with Gasteiger partial charge in [0.2, 0.25) is 5.91 Å². The number of benzene rings is 1. The topological polar surface area (TPSA) is 61.8 Å². The molecule has 21 heavy (non-hydrogen) atoms. The average molecular weight is 315 g/mol. The molecule has 1 aromatic rings. The van der Waals surface area contributed by atoms with Crippen LogP contribution in [0.1, 0.15) is 24.8 Å². The summed E-state index contributed by atoms with van der Waals surface area (Å²) in [5.74, 6) is 0.668. The SMILES string of the molecule is COc1ccc(CN(C)C(=O)CC2CCCN2)cc1O.Cl. The molecule has 1 heterocycles. The average Bonchev–Trinajstić information content (AvgIpc) is 2.91. The summed E-state index contributed by atoms with van der Waals surface area (Å²) in [4.78, 5) is 13.8. The van der Waals surface area contributed by atoms with Crippen molar-refractivity contribution in [3.05, 3.63) is 23.8 Å². The number of nitrogens with zero attached hydrogens (tertiary/aromatic N) is 1. The number of methoxy groups -OCH3 is 1. The highest BCUT2D eigenvalue weighted by molar-refractivity contribution is 5.85. The van der Waals surface area contributed by atoms with Crippen LogP contribution in [-0.4, -0.2) is 42.7 Å². The molecule has 0 aromatic heterocycles. The molecule has 1 aliphatic heterocycles. The minimum Gasteiger partial charge on any atom is -0.504 e. The Bertz CT molecular complexity index is 476. The first-order valence-corrected chi connectivity index (χ1v) is 6.93. The van der Waals surface area contributed by atoms with Gasteiger partial charge in [-0.25, -0.2) is 0 Å². The summed E-state index contributed by atoms with van der Waals surface area (Å²) in [6, 6.07) is 5.52. The van der Waals surface area contributed by atoms with Gasteiger partial charge in [0.1, 0.15) is 0 Å². The molecule has 0 saturated carbocycles. The molecule has 1 atom stereocenters. The Labute approximate surface area is 131 Å². The molecule has 6 heteroatoms. The molecule has 2 N–H and O–H groups in total. The number of phenols is 1. The second-order valence-corrected chi connectivity index (χ2v) is 5.25. The molecule has 1 unspecified atom stereocenters. The highest BCUT2D eigenvalue weighted by Crippen LogP contribution is 2.26. The number of carbonyl (C=O) groups excluding carboxylic acids is 1. The summed E-state index contributed by atoms with van der Waals surface area (Å²) < 4.78 is 5.00. The molecule has 118 valence electrons. The van der Waals surface area contributed by atoms with Crippen molar-refractivity contribution in [1.29, 1.82) is 0 Å². The Kier molecular flexibility index (Phi) is 6.78. The van der Waals surface area contributed by atoms with Crippen molar-refractivity contribution in [2.24, 2.45) is 0 Å². The number of hydrogen-bond acceptors (Lipinski definition) is 4. The quantitative estimate of drug-likeness (QED) is 0.871. The Morgan fingerprint density at radius 1 is 1.52 bits per heavy atom. The number of rotatable bonds is 5. The molecule has 0 bridgehead atoms. The van der Waals surface area contributed by atoms with E-state index in [0.717, 1.165) is 24.9 Å². The van der Waals surface area contributed by atoms with E-state index in [0.29, 0.717) is 24.8 Å². The van der Waals surface area contributed by atoms with Gasteiger partial charge in [0, 0.05) is 26.1 Å². The molecule has 0 radical (unpaired) electrons. The Morgan fingerprint density at radius 3 is 2.86 bits per heavy atom. The Morgan fingerprint density at radius 2 is 2.29 bits per heavy atom. The van der Waals surface area contributed by atoms with Crippen molar-refractivity contribution >= 4 is 18.3 Å². The van der Waals surface area contributed by atoms with Gasteiger partial charge in [-0.1, -0.05) is 6.07 Å². The summed E-state index contributed by atoms with van der Waals surface area (Å²) in [5, 5.41) is 13.1. The molecule has 2 rings (SSSR count). The number of amides is 1. The Hall–Kier alpha value is -1.46. The molecular weight excluding hydrogens is 292 g/mol. The fraction of sp³-hybridized carbons (Fsp3) is 0.533. The molecule has 5 nitrogen and oxygen atoms in total. The van der Waals surface area contributed by atoms with Gasteiger partial charge >= 0.3 is 0 Å². The van der Waals surface area contributed by atoms with Crippen molar-refractivity contribution < 1.29 is 14.6 Å². The number of aromatic hydroxyl groups is 1. The van der Waals surface area contributed by atoms with Crippen LogP contribution in [0.5, 0.6) is 11.5 Å². The fourth-order valence-electron chi connectivity index (χ4n) is 2.49. The normalized spacial score (nSPS) is 17.1. The first-order chi connectivity index (χ1) is 9.60. The molecule has 1 fully saturated rings. The van der Waals surface area contributed by atoms with E-state index < -0.39 is 0 Å². The zero-order valence-corrected chi connectivity index (χ0v) is 13.3. The second-order valence-electron chi connectivity index (χ2n) is 5.25. The van der Waals surface area contributed by atoms with E-state index in [1.54, 1.807) is 24.1 Å². The monoisotopic (exact) mass is 314 g/mol. The van der Waals surface area contributed by atoms with Gasteiger partial charge in [-0.15, -0.1) is 12.4 Å². The van der Waals surface area contributed by atoms with Crippen molar-refractivity contribution in [3.63, 3.8) is 0 Å². The van der Waals surface area contributed by atoms with Gasteiger partial charge in [0.25, 0.3) is 0 Å². The third-order valence-electron chi connectivity index (χ3n) is 3.67. The predicted molar refractivity (Wildman–Crippen MR) is 84.0 cm³/mol. The predicted octanol–water partition coefficient (Wildman–Crippen LogP) is 1.92. The first-order valence-electron chi connectivity index (χ1n) is 6.93. The lowest BCUT2D eigenvalue weighted by molar-refractivity contribution is -0.130. The lowest BCUT2D eigenvalue weighted by Gasteiger charge is -2.20. The third kappa shape index (κ3) is 4.79. The molecule has 1 amide bonds. The lowest BCUT2D eigenvalue weighted by Crippen LogP contribution is -2.33. The van der Waals surface area contributed by atoms with Gasteiger partial charge < -0.3 is 20.1 Å². The van der Waals surface area contributed by atoms with Gasteiger partial charge in [0.05, 0.1) is 7.11 Å². The van der Waals surface area contributed by atoms with Crippen molar-refractivity contribution in [2.75, 3.05) is 20.7 Å². The summed E-state index contributed by atoms with van der Waals surface area (Å²) in [6.45, 7) is 1.50. The number of phenolic OH excluding ortho intramolecular Hbond substituents is 1. The van der Waals surface area contributed by atoms with E-state index in [-0.39, 0.29) is 24.1 Å². The van der Waals surface area contributed by atoms with E-state index in [1.807, 2.05) is 6.07 Å². The summed E-state index contributed by atoms with van der Waals surface area (Å²) >= 11 is 0. The zero-order valence-electron chi connectivity index (χ0n) is 12.5. The van der Waals surface area contributed by atoms with E-state index >= 15 is 0 Å². The van der Waals surface area contributed by atoms with Gasteiger partial charge in [-0.3, -0.25) is 4.79 Å². The van der Waals surface area contributed by atoms with Crippen LogP contribution in [0.15, 0.2) is 18.2 Å². The van der Waals surface area contributed by atoms with Crippen LogP contribution in [0.3, 0.4) is 0 Å². The van der Waals surface area contributed by atoms with E-state index in [4.69, 9.17) is 4.74 Å². The molecule has 0 spiro atoms. The maximum Gasteiger partial charge on any atom is 0.224 e. The fourth-order valence-corrected chi connectivity index (χ4v) is 2.49. The summed E-state index contributed by atoms with van der Waals surface area (Å²) in [6.07, 6.45) is 2.76. The summed E-state index contributed by atoms with van der Waals surface area (Å²) in [7, 11) is 3.30. The maximum atomic E-state index is 12.1. The van der Waals surface area contributed by atoms with Gasteiger partial charge in [0.15, 0.2) is 11.5 Å². The number of carbonyl (C=O) groups is 1. The Balaban J connectivity index is 0.00000220. The van der Waals surface area contributed by atoms with Crippen LogP contribution >= 0.6 is 12.4 Å². The van der Waals surface area contributed by atoms with E-state index in [1.165, 1.54) is 7.11 Å². The van der Waals surface area contributed by atoms with Gasteiger partial charge in [-0.05, 0) is 37.1 Å². The number of hydrogen-bond donors (Lipinski definition) is 2. The third-order valence-corrected chi connectivity index (χ3v) is 3.67. The van der Waals surface area contributed by atoms with Crippen molar-refractivity contribution in [2.45, 2.75) is 31.8 Å². The van der Waals surface area contributed by atoms with Crippen molar-refractivity contribution in [3.8, 4) is 11.5 Å².